The molecule has 1 aromatic carbocycles. The molecule has 0 saturated heterocycles. The van der Waals surface area contributed by atoms with Crippen LogP contribution in [0.15, 0.2) is 24.3 Å². The number of carbonyl (C=O) groups excluding carboxylic acids is 1. The minimum absolute atomic E-state index is 0.0565. The van der Waals surface area contributed by atoms with E-state index in [-0.39, 0.29) is 18.7 Å². The van der Waals surface area contributed by atoms with Gasteiger partial charge in [0, 0.05) is 24.1 Å². The molecule has 1 atom stereocenters. The van der Waals surface area contributed by atoms with Crippen molar-refractivity contribution in [2.45, 2.75) is 38.5 Å². The molecule has 0 aliphatic heterocycles. The SMILES string of the molecule is CCSCc1cccc(NC(=O)NC(C)CCCO)c1. The third-order valence-corrected chi connectivity index (χ3v) is 3.78. The van der Waals surface area contributed by atoms with Gasteiger partial charge in [0.2, 0.25) is 0 Å². The Morgan fingerprint density at radius 3 is 2.95 bits per heavy atom. The van der Waals surface area contributed by atoms with Gasteiger partial charge in [-0.3, -0.25) is 0 Å². The summed E-state index contributed by atoms with van der Waals surface area (Å²) in [5.74, 6) is 2.04. The second-order valence-electron chi connectivity index (χ2n) is 4.70. The highest BCUT2D eigenvalue weighted by Crippen LogP contribution is 2.16. The van der Waals surface area contributed by atoms with Gasteiger partial charge < -0.3 is 15.7 Å². The molecule has 1 rings (SSSR count). The monoisotopic (exact) mass is 296 g/mol. The van der Waals surface area contributed by atoms with Crippen LogP contribution in [0.2, 0.25) is 0 Å². The van der Waals surface area contributed by atoms with Crippen LogP contribution in [0, 0.1) is 0 Å². The molecule has 0 radical (unpaired) electrons. The number of hydrogen-bond acceptors (Lipinski definition) is 3. The topological polar surface area (TPSA) is 61.4 Å². The van der Waals surface area contributed by atoms with E-state index >= 15 is 0 Å². The van der Waals surface area contributed by atoms with Crippen LogP contribution < -0.4 is 10.6 Å². The number of benzene rings is 1. The van der Waals surface area contributed by atoms with Gasteiger partial charge in [-0.05, 0) is 43.2 Å². The summed E-state index contributed by atoms with van der Waals surface area (Å²) in [4.78, 5) is 11.8. The van der Waals surface area contributed by atoms with Gasteiger partial charge >= 0.3 is 6.03 Å². The third kappa shape index (κ3) is 6.82. The number of amides is 2. The molecule has 1 aromatic rings. The summed E-state index contributed by atoms with van der Waals surface area (Å²) in [6, 6.07) is 7.77. The zero-order valence-corrected chi connectivity index (χ0v) is 13.0. The summed E-state index contributed by atoms with van der Waals surface area (Å²) in [6.45, 7) is 4.22. The maximum atomic E-state index is 11.8. The zero-order valence-electron chi connectivity index (χ0n) is 12.2. The van der Waals surface area contributed by atoms with Crippen molar-refractivity contribution in [1.29, 1.82) is 0 Å². The van der Waals surface area contributed by atoms with Crippen molar-refractivity contribution in [3.8, 4) is 0 Å². The lowest BCUT2D eigenvalue weighted by atomic mass is 10.2. The maximum Gasteiger partial charge on any atom is 0.319 e. The lowest BCUT2D eigenvalue weighted by molar-refractivity contribution is 0.245. The summed E-state index contributed by atoms with van der Waals surface area (Å²) in [5.41, 5.74) is 2.02. The van der Waals surface area contributed by atoms with Gasteiger partial charge in [-0.1, -0.05) is 19.1 Å². The van der Waals surface area contributed by atoms with Gasteiger partial charge in [-0.25, -0.2) is 4.79 Å². The summed E-state index contributed by atoms with van der Waals surface area (Å²) in [7, 11) is 0. The molecule has 112 valence electrons. The molecular formula is C15H24N2O2S. The molecule has 20 heavy (non-hydrogen) atoms. The maximum absolute atomic E-state index is 11.8. The number of aliphatic hydroxyl groups is 1. The number of thioether (sulfide) groups is 1. The lowest BCUT2D eigenvalue weighted by Gasteiger charge is -2.14. The molecule has 3 N–H and O–H groups in total. The van der Waals surface area contributed by atoms with E-state index in [1.54, 1.807) is 0 Å². The Morgan fingerprint density at radius 2 is 2.25 bits per heavy atom. The molecule has 1 unspecified atom stereocenters. The molecule has 4 nitrogen and oxygen atoms in total. The number of urea groups is 1. The summed E-state index contributed by atoms with van der Waals surface area (Å²) in [5, 5.41) is 14.5. The first-order chi connectivity index (χ1) is 9.65. The molecule has 0 aliphatic carbocycles. The van der Waals surface area contributed by atoms with E-state index in [4.69, 9.17) is 5.11 Å². The van der Waals surface area contributed by atoms with Crippen LogP contribution in [0.5, 0.6) is 0 Å². The van der Waals surface area contributed by atoms with Gasteiger partial charge in [0.05, 0.1) is 0 Å². The first-order valence-corrected chi connectivity index (χ1v) is 8.16. The lowest BCUT2D eigenvalue weighted by Crippen LogP contribution is -2.36. The number of carbonyl (C=O) groups is 1. The van der Waals surface area contributed by atoms with Gasteiger partial charge in [0.15, 0.2) is 0 Å². The Balaban J connectivity index is 2.44. The van der Waals surface area contributed by atoms with E-state index in [0.717, 1.165) is 23.6 Å². The van der Waals surface area contributed by atoms with E-state index in [1.165, 1.54) is 5.56 Å². The first-order valence-electron chi connectivity index (χ1n) is 7.00. The predicted molar refractivity (Wildman–Crippen MR) is 86.2 cm³/mol. The van der Waals surface area contributed by atoms with Crippen molar-refractivity contribution in [1.82, 2.24) is 5.32 Å². The number of hydrogen-bond donors (Lipinski definition) is 3. The molecule has 0 heterocycles. The number of aliphatic hydroxyl groups excluding tert-OH is 1. The van der Waals surface area contributed by atoms with Crippen LogP contribution >= 0.6 is 11.8 Å². The standard InChI is InChI=1S/C15H24N2O2S/c1-3-20-11-13-7-4-8-14(10-13)17-15(19)16-12(2)6-5-9-18/h4,7-8,10,12,18H,3,5-6,9,11H2,1-2H3,(H2,16,17,19). The van der Waals surface area contributed by atoms with Crippen molar-refractivity contribution in [2.24, 2.45) is 0 Å². The second kappa shape index (κ2) is 9.66. The molecule has 0 aromatic heterocycles. The second-order valence-corrected chi connectivity index (χ2v) is 5.98. The van der Waals surface area contributed by atoms with Crippen LogP contribution in [-0.4, -0.2) is 29.5 Å². The molecule has 0 aliphatic rings. The van der Waals surface area contributed by atoms with E-state index in [1.807, 2.05) is 36.9 Å². The minimum atomic E-state index is -0.198. The van der Waals surface area contributed by atoms with E-state index in [9.17, 15) is 4.79 Å². The minimum Gasteiger partial charge on any atom is -0.396 e. The quantitative estimate of drug-likeness (QED) is 0.690. The molecular weight excluding hydrogens is 272 g/mol. The van der Waals surface area contributed by atoms with Crippen LogP contribution in [0.3, 0.4) is 0 Å². The Labute approximate surface area is 125 Å². The molecule has 5 heteroatoms. The predicted octanol–water partition coefficient (Wildman–Crippen LogP) is 3.22. The zero-order chi connectivity index (χ0) is 14.8. The Morgan fingerprint density at radius 1 is 1.45 bits per heavy atom. The summed E-state index contributed by atoms with van der Waals surface area (Å²) >= 11 is 1.86. The molecule has 0 spiro atoms. The fourth-order valence-electron chi connectivity index (χ4n) is 1.82. The number of rotatable bonds is 8. The van der Waals surface area contributed by atoms with Crippen molar-refractivity contribution in [3.05, 3.63) is 29.8 Å². The van der Waals surface area contributed by atoms with E-state index in [0.29, 0.717) is 6.42 Å². The first kappa shape index (κ1) is 16.9. The third-order valence-electron chi connectivity index (χ3n) is 2.83. The van der Waals surface area contributed by atoms with E-state index < -0.39 is 0 Å². The van der Waals surface area contributed by atoms with Gasteiger partial charge in [0.25, 0.3) is 0 Å². The van der Waals surface area contributed by atoms with Crippen molar-refractivity contribution in [2.75, 3.05) is 17.7 Å². The Hall–Kier alpha value is -1.20. The number of nitrogens with one attached hydrogen (secondary N) is 2. The fraction of sp³-hybridized carbons (Fsp3) is 0.533. The van der Waals surface area contributed by atoms with Gasteiger partial charge in [-0.15, -0.1) is 0 Å². The Bertz CT molecular complexity index is 413. The molecule has 0 saturated carbocycles. The van der Waals surface area contributed by atoms with Crippen LogP contribution in [0.25, 0.3) is 0 Å². The summed E-state index contributed by atoms with van der Waals surface area (Å²) in [6.07, 6.45) is 1.47. The highest BCUT2D eigenvalue weighted by Gasteiger charge is 2.07. The smallest absolute Gasteiger partial charge is 0.319 e. The van der Waals surface area contributed by atoms with Crippen molar-refractivity contribution >= 4 is 23.5 Å². The molecule has 0 fully saturated rings. The fourth-order valence-corrected chi connectivity index (χ4v) is 2.44. The van der Waals surface area contributed by atoms with Crippen LogP contribution in [-0.2, 0) is 5.75 Å². The van der Waals surface area contributed by atoms with Crippen molar-refractivity contribution < 1.29 is 9.90 Å². The molecule has 2 amide bonds. The average molecular weight is 296 g/mol. The summed E-state index contributed by atoms with van der Waals surface area (Å²) < 4.78 is 0. The van der Waals surface area contributed by atoms with Gasteiger partial charge in [0.1, 0.15) is 0 Å². The average Bonchev–Trinajstić information content (AvgIpc) is 2.43. The highest BCUT2D eigenvalue weighted by molar-refractivity contribution is 7.98. The normalized spacial score (nSPS) is 11.9. The molecule has 0 bridgehead atoms. The number of anilines is 1. The highest BCUT2D eigenvalue weighted by atomic mass is 32.2. The van der Waals surface area contributed by atoms with Crippen LogP contribution in [0.4, 0.5) is 10.5 Å². The van der Waals surface area contributed by atoms with Crippen molar-refractivity contribution in [3.63, 3.8) is 0 Å². The largest absolute Gasteiger partial charge is 0.396 e. The van der Waals surface area contributed by atoms with Gasteiger partial charge in [-0.2, -0.15) is 11.8 Å². The van der Waals surface area contributed by atoms with Crippen LogP contribution in [0.1, 0.15) is 32.3 Å². The van der Waals surface area contributed by atoms with E-state index in [2.05, 4.69) is 23.6 Å². The Kier molecular flexibility index (Phi) is 8.14.